The SMILES string of the molecule is C=CCCCNC(=O)c1cc[nH]c1C1CC1. The summed E-state index contributed by atoms with van der Waals surface area (Å²) in [5, 5.41) is 2.94. The van der Waals surface area contributed by atoms with Gasteiger partial charge in [0.15, 0.2) is 0 Å². The molecule has 1 aliphatic rings. The van der Waals surface area contributed by atoms with E-state index in [1.807, 2.05) is 18.3 Å². The highest BCUT2D eigenvalue weighted by Gasteiger charge is 2.28. The maximum Gasteiger partial charge on any atom is 0.253 e. The number of nitrogens with one attached hydrogen (secondary N) is 2. The van der Waals surface area contributed by atoms with Gasteiger partial charge < -0.3 is 10.3 Å². The Labute approximate surface area is 95.9 Å². The van der Waals surface area contributed by atoms with E-state index in [2.05, 4.69) is 16.9 Å². The first-order chi connectivity index (χ1) is 7.83. The van der Waals surface area contributed by atoms with Gasteiger partial charge in [0.05, 0.1) is 5.56 Å². The minimum absolute atomic E-state index is 0.0483. The van der Waals surface area contributed by atoms with Gasteiger partial charge in [-0.2, -0.15) is 0 Å². The molecule has 0 spiro atoms. The molecule has 2 rings (SSSR count). The Bertz CT molecular complexity index is 377. The smallest absolute Gasteiger partial charge is 0.253 e. The fraction of sp³-hybridized carbons (Fsp3) is 0.462. The van der Waals surface area contributed by atoms with Gasteiger partial charge in [0.25, 0.3) is 5.91 Å². The van der Waals surface area contributed by atoms with Crippen LogP contribution >= 0.6 is 0 Å². The molecule has 0 aromatic carbocycles. The molecule has 1 aliphatic carbocycles. The van der Waals surface area contributed by atoms with E-state index >= 15 is 0 Å². The third kappa shape index (κ3) is 2.54. The summed E-state index contributed by atoms with van der Waals surface area (Å²) >= 11 is 0. The van der Waals surface area contributed by atoms with Crippen molar-refractivity contribution in [2.45, 2.75) is 31.6 Å². The van der Waals surface area contributed by atoms with Gasteiger partial charge in [-0.15, -0.1) is 6.58 Å². The number of hydrogen-bond acceptors (Lipinski definition) is 1. The number of carbonyl (C=O) groups is 1. The van der Waals surface area contributed by atoms with Crippen LogP contribution in [0.2, 0.25) is 0 Å². The number of aromatic nitrogens is 1. The quantitative estimate of drug-likeness (QED) is 0.559. The van der Waals surface area contributed by atoms with Gasteiger partial charge in [0, 0.05) is 18.4 Å². The standard InChI is InChI=1S/C13H18N2O/c1-2-3-4-8-15-13(16)11-7-9-14-12(11)10-5-6-10/h2,7,9-10,14H,1,3-6,8H2,(H,15,16). The van der Waals surface area contributed by atoms with Crippen molar-refractivity contribution in [1.29, 1.82) is 0 Å². The van der Waals surface area contributed by atoms with Crippen LogP contribution in [0.1, 0.15) is 47.7 Å². The fourth-order valence-corrected chi connectivity index (χ4v) is 1.83. The summed E-state index contributed by atoms with van der Waals surface area (Å²) in [6.45, 7) is 4.38. The Morgan fingerprint density at radius 3 is 3.12 bits per heavy atom. The van der Waals surface area contributed by atoms with E-state index in [1.165, 1.54) is 12.8 Å². The second-order valence-corrected chi connectivity index (χ2v) is 4.27. The molecule has 0 bridgehead atoms. The first-order valence-corrected chi connectivity index (χ1v) is 5.89. The highest BCUT2D eigenvalue weighted by atomic mass is 16.1. The van der Waals surface area contributed by atoms with Gasteiger partial charge in [-0.25, -0.2) is 0 Å². The van der Waals surface area contributed by atoms with Crippen LogP contribution in [0.15, 0.2) is 24.9 Å². The van der Waals surface area contributed by atoms with E-state index in [-0.39, 0.29) is 5.91 Å². The molecule has 16 heavy (non-hydrogen) atoms. The Kier molecular flexibility index (Phi) is 3.44. The van der Waals surface area contributed by atoms with Crippen molar-refractivity contribution in [2.24, 2.45) is 0 Å². The maximum atomic E-state index is 11.9. The number of rotatable bonds is 6. The molecular formula is C13H18N2O. The lowest BCUT2D eigenvalue weighted by Gasteiger charge is -2.04. The van der Waals surface area contributed by atoms with Gasteiger partial charge in [-0.05, 0) is 37.7 Å². The highest BCUT2D eigenvalue weighted by molar-refractivity contribution is 5.95. The molecule has 1 aromatic rings. The zero-order valence-electron chi connectivity index (χ0n) is 9.46. The minimum Gasteiger partial charge on any atom is -0.364 e. The molecule has 1 heterocycles. The van der Waals surface area contributed by atoms with Crippen LogP contribution in [0.4, 0.5) is 0 Å². The molecule has 3 heteroatoms. The number of carbonyl (C=O) groups excluding carboxylic acids is 1. The summed E-state index contributed by atoms with van der Waals surface area (Å²) in [5.74, 6) is 0.635. The van der Waals surface area contributed by atoms with Crippen molar-refractivity contribution in [3.63, 3.8) is 0 Å². The van der Waals surface area contributed by atoms with Crippen LogP contribution in [0.5, 0.6) is 0 Å². The predicted molar refractivity (Wildman–Crippen MR) is 64.5 cm³/mol. The zero-order valence-corrected chi connectivity index (χ0v) is 9.46. The number of amides is 1. The first kappa shape index (κ1) is 11.0. The predicted octanol–water partition coefficient (Wildman–Crippen LogP) is 2.59. The van der Waals surface area contributed by atoms with Crippen molar-refractivity contribution in [2.75, 3.05) is 6.54 Å². The minimum atomic E-state index is 0.0483. The van der Waals surface area contributed by atoms with Gasteiger partial charge >= 0.3 is 0 Å². The summed E-state index contributed by atoms with van der Waals surface area (Å²) in [6.07, 6.45) is 8.04. The molecule has 0 aliphatic heterocycles. The number of unbranched alkanes of at least 4 members (excludes halogenated alkanes) is 1. The van der Waals surface area contributed by atoms with Crippen molar-refractivity contribution in [3.8, 4) is 0 Å². The summed E-state index contributed by atoms with van der Waals surface area (Å²) in [6, 6.07) is 1.87. The van der Waals surface area contributed by atoms with Crippen LogP contribution < -0.4 is 5.32 Å². The lowest BCUT2D eigenvalue weighted by molar-refractivity contribution is 0.0952. The van der Waals surface area contributed by atoms with Gasteiger partial charge in [-0.3, -0.25) is 4.79 Å². The van der Waals surface area contributed by atoms with Crippen LogP contribution in [-0.2, 0) is 0 Å². The molecule has 3 nitrogen and oxygen atoms in total. The van der Waals surface area contributed by atoms with Crippen molar-refractivity contribution >= 4 is 5.91 Å². The summed E-state index contributed by atoms with van der Waals surface area (Å²) in [7, 11) is 0. The third-order valence-electron chi connectivity index (χ3n) is 2.88. The lowest BCUT2D eigenvalue weighted by Crippen LogP contribution is -2.24. The highest BCUT2D eigenvalue weighted by Crippen LogP contribution is 2.40. The molecule has 0 radical (unpaired) electrons. The lowest BCUT2D eigenvalue weighted by atomic mass is 10.1. The Balaban J connectivity index is 1.87. The molecular weight excluding hydrogens is 200 g/mol. The largest absolute Gasteiger partial charge is 0.364 e. The van der Waals surface area contributed by atoms with E-state index in [9.17, 15) is 4.79 Å². The van der Waals surface area contributed by atoms with E-state index < -0.39 is 0 Å². The number of aromatic amines is 1. The number of hydrogen-bond donors (Lipinski definition) is 2. The average Bonchev–Trinajstić information content (AvgIpc) is 3.02. The molecule has 1 aromatic heterocycles. The number of H-pyrrole nitrogens is 1. The van der Waals surface area contributed by atoms with Gasteiger partial charge in [-0.1, -0.05) is 6.08 Å². The molecule has 0 unspecified atom stereocenters. The van der Waals surface area contributed by atoms with E-state index in [1.54, 1.807) is 0 Å². The Hall–Kier alpha value is -1.51. The molecule has 1 fully saturated rings. The van der Waals surface area contributed by atoms with Crippen molar-refractivity contribution < 1.29 is 4.79 Å². The average molecular weight is 218 g/mol. The molecule has 0 atom stereocenters. The van der Waals surface area contributed by atoms with Crippen molar-refractivity contribution in [1.82, 2.24) is 10.3 Å². The van der Waals surface area contributed by atoms with E-state index in [4.69, 9.17) is 0 Å². The first-order valence-electron chi connectivity index (χ1n) is 5.89. The van der Waals surface area contributed by atoms with Gasteiger partial charge in [0.1, 0.15) is 0 Å². The summed E-state index contributed by atoms with van der Waals surface area (Å²) < 4.78 is 0. The molecule has 86 valence electrons. The topological polar surface area (TPSA) is 44.9 Å². The van der Waals surface area contributed by atoms with Crippen molar-refractivity contribution in [3.05, 3.63) is 36.2 Å². The van der Waals surface area contributed by atoms with Gasteiger partial charge in [0.2, 0.25) is 0 Å². The summed E-state index contributed by atoms with van der Waals surface area (Å²) in [5.41, 5.74) is 1.93. The number of allylic oxidation sites excluding steroid dienone is 1. The second kappa shape index (κ2) is 5.01. The van der Waals surface area contributed by atoms with Crippen LogP contribution in [0, 0.1) is 0 Å². The van der Waals surface area contributed by atoms with Crippen LogP contribution in [0.3, 0.4) is 0 Å². The third-order valence-corrected chi connectivity index (χ3v) is 2.88. The van der Waals surface area contributed by atoms with Crippen LogP contribution in [0.25, 0.3) is 0 Å². The maximum absolute atomic E-state index is 11.9. The molecule has 2 N–H and O–H groups in total. The zero-order chi connectivity index (χ0) is 11.4. The summed E-state index contributed by atoms with van der Waals surface area (Å²) in [4.78, 5) is 15.0. The molecule has 1 saturated carbocycles. The molecule has 0 saturated heterocycles. The van der Waals surface area contributed by atoms with E-state index in [0.717, 1.165) is 30.6 Å². The fourth-order valence-electron chi connectivity index (χ4n) is 1.83. The second-order valence-electron chi connectivity index (χ2n) is 4.27. The van der Waals surface area contributed by atoms with E-state index in [0.29, 0.717) is 5.92 Å². The van der Waals surface area contributed by atoms with Crippen LogP contribution in [-0.4, -0.2) is 17.4 Å². The normalized spacial score (nSPS) is 14.8. The monoisotopic (exact) mass is 218 g/mol. The molecule has 1 amide bonds. The Morgan fingerprint density at radius 2 is 2.44 bits per heavy atom. The Morgan fingerprint density at radius 1 is 1.62 bits per heavy atom.